The van der Waals surface area contributed by atoms with Crippen LogP contribution in [0.5, 0.6) is 0 Å². The van der Waals surface area contributed by atoms with Crippen LogP contribution in [-0.4, -0.2) is 28.9 Å². The van der Waals surface area contributed by atoms with Crippen molar-refractivity contribution in [1.82, 2.24) is 9.97 Å². The lowest BCUT2D eigenvalue weighted by molar-refractivity contribution is -0.136. The molecule has 14 heavy (non-hydrogen) atoms. The second-order valence-electron chi connectivity index (χ2n) is 3.27. The predicted octanol–water partition coefficient (Wildman–Crippen LogP) is -0.552. The molecule has 0 aliphatic heterocycles. The molecular weight excluding hydrogens is 179 g/mol. The van der Waals surface area contributed by atoms with Gasteiger partial charge in [0.1, 0.15) is 20.1 Å². The number of carbonyl (C=O) groups is 1. The standard InChI is InChI=1S/C9H9BN2O2/c10-5-1-2-6-7(3-5)12-8(11-6)4-9(13)14/h1-3H,4,10H2,(H,11,12)(H,13,14). The number of aromatic nitrogens is 2. The van der Waals surface area contributed by atoms with E-state index in [1.54, 1.807) is 0 Å². The minimum absolute atomic E-state index is 0.0618. The number of aromatic amines is 1. The van der Waals surface area contributed by atoms with E-state index in [2.05, 4.69) is 9.97 Å². The molecule has 1 aromatic heterocycles. The van der Waals surface area contributed by atoms with Crippen LogP contribution < -0.4 is 5.46 Å². The number of H-pyrrole nitrogens is 1. The van der Waals surface area contributed by atoms with Crippen LogP contribution in [0.2, 0.25) is 0 Å². The molecule has 0 saturated carbocycles. The molecule has 0 aliphatic carbocycles. The van der Waals surface area contributed by atoms with Gasteiger partial charge in [0, 0.05) is 0 Å². The zero-order valence-electron chi connectivity index (χ0n) is 7.74. The minimum atomic E-state index is -0.874. The molecule has 0 aliphatic rings. The van der Waals surface area contributed by atoms with Crippen molar-refractivity contribution >= 4 is 30.3 Å². The highest BCUT2D eigenvalue weighted by Crippen LogP contribution is 2.09. The van der Waals surface area contributed by atoms with Crippen LogP contribution in [0.1, 0.15) is 5.82 Å². The Morgan fingerprint density at radius 2 is 2.36 bits per heavy atom. The molecule has 0 bridgehead atoms. The van der Waals surface area contributed by atoms with Gasteiger partial charge < -0.3 is 10.1 Å². The molecule has 2 aromatic rings. The fourth-order valence-corrected chi connectivity index (χ4v) is 1.40. The van der Waals surface area contributed by atoms with Gasteiger partial charge in [-0.3, -0.25) is 4.79 Å². The van der Waals surface area contributed by atoms with Gasteiger partial charge in [0.2, 0.25) is 0 Å². The highest BCUT2D eigenvalue weighted by Gasteiger charge is 2.06. The summed E-state index contributed by atoms with van der Waals surface area (Å²) in [6.07, 6.45) is -0.0618. The van der Waals surface area contributed by atoms with Crippen LogP contribution in [0.25, 0.3) is 11.0 Å². The number of aliphatic carboxylic acids is 1. The molecular formula is C9H9BN2O2. The highest BCUT2D eigenvalue weighted by molar-refractivity contribution is 6.33. The highest BCUT2D eigenvalue weighted by atomic mass is 16.4. The number of rotatable bonds is 2. The third kappa shape index (κ3) is 1.61. The summed E-state index contributed by atoms with van der Waals surface area (Å²) in [5.41, 5.74) is 2.82. The first kappa shape index (κ1) is 8.81. The van der Waals surface area contributed by atoms with E-state index in [0.717, 1.165) is 16.5 Å². The molecule has 0 atom stereocenters. The average molecular weight is 188 g/mol. The van der Waals surface area contributed by atoms with Crippen molar-refractivity contribution < 1.29 is 9.90 Å². The van der Waals surface area contributed by atoms with Crippen LogP contribution in [0.4, 0.5) is 0 Å². The van der Waals surface area contributed by atoms with E-state index in [-0.39, 0.29) is 6.42 Å². The molecule has 5 heteroatoms. The molecule has 70 valence electrons. The van der Waals surface area contributed by atoms with Crippen molar-refractivity contribution in [1.29, 1.82) is 0 Å². The zero-order chi connectivity index (χ0) is 10.1. The maximum Gasteiger partial charge on any atom is 0.311 e. The summed E-state index contributed by atoms with van der Waals surface area (Å²) in [6, 6.07) is 5.80. The number of fused-ring (bicyclic) bond motifs is 1. The summed E-state index contributed by atoms with van der Waals surface area (Å²) in [5.74, 6) is -0.376. The fraction of sp³-hybridized carbons (Fsp3) is 0.111. The largest absolute Gasteiger partial charge is 0.481 e. The van der Waals surface area contributed by atoms with Crippen molar-refractivity contribution in [3.63, 3.8) is 0 Å². The molecule has 2 rings (SSSR count). The molecule has 1 aromatic carbocycles. The molecule has 2 N–H and O–H groups in total. The Morgan fingerprint density at radius 3 is 3.07 bits per heavy atom. The smallest absolute Gasteiger partial charge is 0.311 e. The van der Waals surface area contributed by atoms with Gasteiger partial charge in [-0.25, -0.2) is 4.98 Å². The van der Waals surface area contributed by atoms with E-state index in [9.17, 15) is 4.79 Å². The SMILES string of the molecule is Bc1ccc2[nH]c(CC(=O)O)nc2c1. The predicted molar refractivity (Wildman–Crippen MR) is 55.6 cm³/mol. The Morgan fingerprint density at radius 1 is 1.57 bits per heavy atom. The number of hydrogen-bond donors (Lipinski definition) is 2. The topological polar surface area (TPSA) is 66.0 Å². The Balaban J connectivity index is 2.46. The number of nitrogens with zero attached hydrogens (tertiary/aromatic N) is 1. The van der Waals surface area contributed by atoms with Gasteiger partial charge >= 0.3 is 5.97 Å². The number of hydrogen-bond acceptors (Lipinski definition) is 2. The van der Waals surface area contributed by atoms with Gasteiger partial charge in [-0.1, -0.05) is 11.5 Å². The molecule has 0 fully saturated rings. The number of carboxylic acid groups (broad SMARTS) is 1. The van der Waals surface area contributed by atoms with Gasteiger partial charge in [0.15, 0.2) is 0 Å². The number of carboxylic acids is 1. The van der Waals surface area contributed by atoms with E-state index >= 15 is 0 Å². The first-order chi connectivity index (χ1) is 6.65. The maximum absolute atomic E-state index is 10.5. The van der Waals surface area contributed by atoms with Crippen molar-refractivity contribution in [2.45, 2.75) is 6.42 Å². The first-order valence-electron chi connectivity index (χ1n) is 4.32. The van der Waals surface area contributed by atoms with Crippen molar-refractivity contribution in [3.8, 4) is 0 Å². The van der Waals surface area contributed by atoms with E-state index in [0.29, 0.717) is 5.82 Å². The third-order valence-corrected chi connectivity index (χ3v) is 2.01. The molecule has 1 heterocycles. The van der Waals surface area contributed by atoms with E-state index in [1.807, 2.05) is 26.0 Å². The quantitative estimate of drug-likeness (QED) is 0.621. The second-order valence-corrected chi connectivity index (χ2v) is 3.27. The number of benzene rings is 1. The molecule has 0 radical (unpaired) electrons. The normalized spacial score (nSPS) is 10.6. The molecule has 4 nitrogen and oxygen atoms in total. The van der Waals surface area contributed by atoms with Crippen molar-refractivity contribution in [2.75, 3.05) is 0 Å². The number of imidazole rings is 1. The van der Waals surface area contributed by atoms with Gasteiger partial charge in [-0.05, 0) is 12.1 Å². The second kappa shape index (κ2) is 3.18. The van der Waals surface area contributed by atoms with Gasteiger partial charge in [0.25, 0.3) is 0 Å². The molecule has 0 unspecified atom stereocenters. The van der Waals surface area contributed by atoms with Crippen LogP contribution in [0.3, 0.4) is 0 Å². The van der Waals surface area contributed by atoms with Gasteiger partial charge in [0.05, 0.1) is 11.0 Å². The zero-order valence-corrected chi connectivity index (χ0v) is 7.74. The Bertz CT molecular complexity index is 493. The lowest BCUT2D eigenvalue weighted by atomic mass is 9.96. The molecule has 0 spiro atoms. The molecule has 0 saturated heterocycles. The van der Waals surface area contributed by atoms with E-state index in [4.69, 9.17) is 5.11 Å². The fourth-order valence-electron chi connectivity index (χ4n) is 1.40. The van der Waals surface area contributed by atoms with E-state index < -0.39 is 5.97 Å². The van der Waals surface area contributed by atoms with Crippen LogP contribution in [0, 0.1) is 0 Å². The monoisotopic (exact) mass is 188 g/mol. The lowest BCUT2D eigenvalue weighted by Gasteiger charge is -1.89. The van der Waals surface area contributed by atoms with Crippen LogP contribution in [0.15, 0.2) is 18.2 Å². The van der Waals surface area contributed by atoms with Gasteiger partial charge in [-0.15, -0.1) is 0 Å². The van der Waals surface area contributed by atoms with Crippen LogP contribution in [-0.2, 0) is 11.2 Å². The average Bonchev–Trinajstić information content (AvgIpc) is 2.44. The van der Waals surface area contributed by atoms with Gasteiger partial charge in [-0.2, -0.15) is 0 Å². The Labute approximate surface area is 81.4 Å². The van der Waals surface area contributed by atoms with Crippen molar-refractivity contribution in [3.05, 3.63) is 24.0 Å². The Hall–Kier alpha value is -1.78. The summed E-state index contributed by atoms with van der Waals surface area (Å²) in [7, 11) is 1.98. The summed E-state index contributed by atoms with van der Waals surface area (Å²) < 4.78 is 0. The minimum Gasteiger partial charge on any atom is -0.481 e. The third-order valence-electron chi connectivity index (χ3n) is 2.01. The maximum atomic E-state index is 10.5. The summed E-state index contributed by atoms with van der Waals surface area (Å²) in [5, 5.41) is 8.59. The first-order valence-corrected chi connectivity index (χ1v) is 4.32. The summed E-state index contributed by atoms with van der Waals surface area (Å²) >= 11 is 0. The lowest BCUT2D eigenvalue weighted by Crippen LogP contribution is -2.01. The number of nitrogens with one attached hydrogen (secondary N) is 1. The molecule has 0 amide bonds. The van der Waals surface area contributed by atoms with E-state index in [1.165, 1.54) is 0 Å². The van der Waals surface area contributed by atoms with Crippen molar-refractivity contribution in [2.24, 2.45) is 0 Å². The Kier molecular flexibility index (Phi) is 2.00. The van der Waals surface area contributed by atoms with Crippen LogP contribution >= 0.6 is 0 Å². The summed E-state index contributed by atoms with van der Waals surface area (Å²) in [4.78, 5) is 17.6. The summed E-state index contributed by atoms with van der Waals surface area (Å²) in [6.45, 7) is 0.